The number of para-hydroxylation sites is 3. The summed E-state index contributed by atoms with van der Waals surface area (Å²) in [5.41, 5.74) is 4.75. The molecular weight excluding hydrogens is 512 g/mol. The fourth-order valence-corrected chi connectivity index (χ4v) is 6.88. The SMILES string of the molecule is Cc1nn(-c2ccccc2)c2sc(C(=O)Nc3ccccc3SCC(=O)N3c4ccccc4C[C@H]3C)cc12. The van der Waals surface area contributed by atoms with Crippen LogP contribution in [0.1, 0.15) is 27.9 Å². The lowest BCUT2D eigenvalue weighted by molar-refractivity contribution is -0.116. The third-order valence-corrected chi connectivity index (χ3v) is 8.90. The first-order valence-electron chi connectivity index (χ1n) is 12.5. The molecule has 0 aliphatic carbocycles. The summed E-state index contributed by atoms with van der Waals surface area (Å²) in [5.74, 6) is 0.186. The van der Waals surface area contributed by atoms with Crippen molar-refractivity contribution in [3.63, 3.8) is 0 Å². The van der Waals surface area contributed by atoms with Gasteiger partial charge in [0.25, 0.3) is 5.91 Å². The van der Waals surface area contributed by atoms with Gasteiger partial charge in [0.1, 0.15) is 4.83 Å². The Morgan fingerprint density at radius 2 is 1.76 bits per heavy atom. The van der Waals surface area contributed by atoms with Crippen molar-refractivity contribution < 1.29 is 9.59 Å². The van der Waals surface area contributed by atoms with Crippen molar-refractivity contribution in [3.05, 3.63) is 101 Å². The van der Waals surface area contributed by atoms with E-state index in [-0.39, 0.29) is 17.9 Å². The fourth-order valence-electron chi connectivity index (χ4n) is 4.94. The van der Waals surface area contributed by atoms with E-state index in [1.807, 2.05) is 95.4 Å². The largest absolute Gasteiger partial charge is 0.320 e. The van der Waals surface area contributed by atoms with Crippen LogP contribution < -0.4 is 10.2 Å². The number of nitrogens with one attached hydrogen (secondary N) is 1. The molecule has 38 heavy (non-hydrogen) atoms. The Bertz CT molecular complexity index is 1660. The first-order chi connectivity index (χ1) is 18.5. The van der Waals surface area contributed by atoms with Gasteiger partial charge in [-0.1, -0.05) is 48.5 Å². The minimum absolute atomic E-state index is 0.0685. The Morgan fingerprint density at radius 1 is 1.03 bits per heavy atom. The van der Waals surface area contributed by atoms with Crippen LogP contribution in [-0.4, -0.2) is 33.4 Å². The summed E-state index contributed by atoms with van der Waals surface area (Å²) in [5, 5.41) is 8.71. The molecule has 2 amide bonds. The number of amides is 2. The second-order valence-electron chi connectivity index (χ2n) is 9.35. The van der Waals surface area contributed by atoms with Crippen molar-refractivity contribution in [2.45, 2.75) is 31.2 Å². The molecule has 3 aromatic carbocycles. The molecule has 0 radical (unpaired) electrons. The van der Waals surface area contributed by atoms with Gasteiger partial charge in [-0.05, 0) is 62.2 Å². The van der Waals surface area contributed by atoms with Crippen molar-refractivity contribution in [1.82, 2.24) is 9.78 Å². The van der Waals surface area contributed by atoms with E-state index in [2.05, 4.69) is 23.4 Å². The van der Waals surface area contributed by atoms with E-state index in [4.69, 9.17) is 0 Å². The molecule has 190 valence electrons. The molecule has 8 heteroatoms. The van der Waals surface area contributed by atoms with E-state index in [1.54, 1.807) is 0 Å². The standard InChI is InChI=1S/C30H26N4O2S2/c1-19-16-21-10-6-8-14-25(21)33(19)28(35)18-37-26-15-9-7-13-24(26)31-29(36)27-17-23-20(2)32-34(30(23)38-27)22-11-4-3-5-12-22/h3-15,17,19H,16,18H2,1-2H3,(H,31,36)/t19-/m1/s1. The van der Waals surface area contributed by atoms with Crippen LogP contribution in [0.5, 0.6) is 0 Å². The molecule has 1 N–H and O–H groups in total. The van der Waals surface area contributed by atoms with Crippen LogP contribution in [0, 0.1) is 6.92 Å². The van der Waals surface area contributed by atoms with Gasteiger partial charge >= 0.3 is 0 Å². The highest BCUT2D eigenvalue weighted by Gasteiger charge is 2.30. The number of thioether (sulfide) groups is 1. The number of aromatic nitrogens is 2. The Balaban J connectivity index is 1.19. The molecule has 1 aliphatic rings. The summed E-state index contributed by atoms with van der Waals surface area (Å²) in [4.78, 5) is 30.8. The number of hydrogen-bond donors (Lipinski definition) is 1. The van der Waals surface area contributed by atoms with Crippen LogP contribution in [0.3, 0.4) is 0 Å². The second kappa shape index (κ2) is 10.1. The maximum atomic E-state index is 13.3. The Labute approximate surface area is 229 Å². The van der Waals surface area contributed by atoms with Crippen LogP contribution in [0.15, 0.2) is 89.8 Å². The molecule has 0 fully saturated rings. The number of carbonyl (C=O) groups excluding carboxylic acids is 2. The molecule has 0 unspecified atom stereocenters. The molecule has 1 aliphatic heterocycles. The van der Waals surface area contributed by atoms with Crippen molar-refractivity contribution in [2.75, 3.05) is 16.0 Å². The fraction of sp³-hybridized carbons (Fsp3) is 0.167. The zero-order valence-corrected chi connectivity index (χ0v) is 22.7. The average Bonchev–Trinajstić information content (AvgIpc) is 3.60. The molecule has 6 rings (SSSR count). The summed E-state index contributed by atoms with van der Waals surface area (Å²) in [6.45, 7) is 4.04. The number of aryl methyl sites for hydroxylation is 1. The minimum Gasteiger partial charge on any atom is -0.320 e. The van der Waals surface area contributed by atoms with Gasteiger partial charge in [-0.15, -0.1) is 23.1 Å². The van der Waals surface area contributed by atoms with Gasteiger partial charge in [0.15, 0.2) is 0 Å². The quantitative estimate of drug-likeness (QED) is 0.244. The van der Waals surface area contributed by atoms with Gasteiger partial charge in [0, 0.05) is 22.0 Å². The second-order valence-corrected chi connectivity index (χ2v) is 11.4. The topological polar surface area (TPSA) is 67.2 Å². The number of nitrogens with zero attached hydrogens (tertiary/aromatic N) is 3. The normalized spacial score (nSPS) is 14.6. The number of rotatable bonds is 6. The van der Waals surface area contributed by atoms with Gasteiger partial charge < -0.3 is 10.2 Å². The number of carbonyl (C=O) groups is 2. The maximum Gasteiger partial charge on any atom is 0.265 e. The first kappa shape index (κ1) is 24.5. The number of hydrogen-bond acceptors (Lipinski definition) is 5. The number of anilines is 2. The molecule has 0 bridgehead atoms. The highest BCUT2D eigenvalue weighted by Crippen LogP contribution is 2.35. The first-order valence-corrected chi connectivity index (χ1v) is 14.3. The third-order valence-electron chi connectivity index (χ3n) is 6.73. The number of thiophene rings is 1. The smallest absolute Gasteiger partial charge is 0.265 e. The maximum absolute atomic E-state index is 13.3. The lowest BCUT2D eigenvalue weighted by atomic mass is 10.1. The van der Waals surface area contributed by atoms with Crippen LogP contribution >= 0.6 is 23.1 Å². The van der Waals surface area contributed by atoms with Crippen LogP contribution in [0.2, 0.25) is 0 Å². The van der Waals surface area contributed by atoms with E-state index in [9.17, 15) is 9.59 Å². The highest BCUT2D eigenvalue weighted by atomic mass is 32.2. The van der Waals surface area contributed by atoms with Crippen LogP contribution in [-0.2, 0) is 11.2 Å². The van der Waals surface area contributed by atoms with Crippen molar-refractivity contribution in [3.8, 4) is 5.69 Å². The Kier molecular flexibility index (Phi) is 6.51. The summed E-state index contributed by atoms with van der Waals surface area (Å²) >= 11 is 2.87. The average molecular weight is 539 g/mol. The minimum atomic E-state index is -0.174. The van der Waals surface area contributed by atoms with E-state index < -0.39 is 0 Å². The number of fused-ring (bicyclic) bond motifs is 2. The molecule has 0 spiro atoms. The van der Waals surface area contributed by atoms with Crippen molar-refractivity contribution in [2.24, 2.45) is 0 Å². The van der Waals surface area contributed by atoms with E-state index in [0.29, 0.717) is 16.3 Å². The third kappa shape index (κ3) is 4.50. The molecular formula is C30H26N4O2S2. The van der Waals surface area contributed by atoms with Crippen molar-refractivity contribution >= 4 is 56.5 Å². The molecule has 5 aromatic rings. The Hall–Kier alpha value is -3.88. The monoisotopic (exact) mass is 538 g/mol. The lowest BCUT2D eigenvalue weighted by Crippen LogP contribution is -2.36. The zero-order chi connectivity index (χ0) is 26.2. The highest BCUT2D eigenvalue weighted by molar-refractivity contribution is 8.00. The van der Waals surface area contributed by atoms with Crippen LogP contribution in [0.25, 0.3) is 15.9 Å². The number of benzene rings is 3. The van der Waals surface area contributed by atoms with E-state index in [1.165, 1.54) is 28.7 Å². The van der Waals surface area contributed by atoms with Gasteiger partial charge in [0.2, 0.25) is 5.91 Å². The summed E-state index contributed by atoms with van der Waals surface area (Å²) < 4.78 is 1.89. The van der Waals surface area contributed by atoms with Gasteiger partial charge in [-0.2, -0.15) is 5.10 Å². The molecule has 0 saturated heterocycles. The zero-order valence-electron chi connectivity index (χ0n) is 21.0. The molecule has 3 heterocycles. The summed E-state index contributed by atoms with van der Waals surface area (Å²) in [7, 11) is 0. The van der Waals surface area contributed by atoms with Crippen LogP contribution in [0.4, 0.5) is 11.4 Å². The summed E-state index contributed by atoms with van der Waals surface area (Å²) in [6.07, 6.45) is 0.871. The molecule has 2 aromatic heterocycles. The predicted molar refractivity (Wildman–Crippen MR) is 156 cm³/mol. The van der Waals surface area contributed by atoms with Gasteiger partial charge in [-0.25, -0.2) is 4.68 Å². The molecule has 0 saturated carbocycles. The van der Waals surface area contributed by atoms with Gasteiger partial charge in [0.05, 0.1) is 27.7 Å². The molecule has 6 nitrogen and oxygen atoms in total. The Morgan fingerprint density at radius 3 is 2.61 bits per heavy atom. The van der Waals surface area contributed by atoms with E-state index in [0.717, 1.165) is 38.6 Å². The van der Waals surface area contributed by atoms with E-state index >= 15 is 0 Å². The predicted octanol–water partition coefficient (Wildman–Crippen LogP) is 6.72. The van der Waals surface area contributed by atoms with Gasteiger partial charge in [-0.3, -0.25) is 9.59 Å². The summed E-state index contributed by atoms with van der Waals surface area (Å²) in [6, 6.07) is 27.7. The molecule has 1 atom stereocenters. The lowest BCUT2D eigenvalue weighted by Gasteiger charge is -2.22. The van der Waals surface area contributed by atoms with Crippen molar-refractivity contribution in [1.29, 1.82) is 0 Å².